The lowest BCUT2D eigenvalue weighted by Gasteiger charge is -2.17. The molecule has 3 aromatic rings. The summed E-state index contributed by atoms with van der Waals surface area (Å²) in [5.74, 6) is -1.41. The van der Waals surface area contributed by atoms with Crippen molar-refractivity contribution in [2.45, 2.75) is 39.1 Å². The van der Waals surface area contributed by atoms with Gasteiger partial charge < -0.3 is 19.0 Å². The number of carboxylic acids is 1. The van der Waals surface area contributed by atoms with Crippen LogP contribution >= 0.6 is 0 Å². The highest BCUT2D eigenvalue weighted by atomic mass is 19.4. The van der Waals surface area contributed by atoms with E-state index >= 15 is 0 Å². The molecule has 1 amide bonds. The van der Waals surface area contributed by atoms with Gasteiger partial charge in [-0.3, -0.25) is 4.98 Å². The third kappa shape index (κ3) is 5.88. The number of ether oxygens (including phenoxy) is 1. The standard InChI is InChI=1S/C22H22F3N5O4/c1-21(2,3)34-20(33)28-19-29(4)8-9-30(19)12-13-10-15(27-16(11-13)18(31)32)14-6-5-7-26-17(14)22(23,24)25/h5-11H,12H2,1-4H3,(H,31,32)/b28-19-. The second-order valence-electron chi connectivity index (χ2n) is 8.38. The summed E-state index contributed by atoms with van der Waals surface area (Å²) in [6, 6.07) is 5.07. The minimum absolute atomic E-state index is 0.000115. The first-order valence-electron chi connectivity index (χ1n) is 10.0. The number of halogens is 3. The van der Waals surface area contributed by atoms with Crippen LogP contribution in [0.2, 0.25) is 0 Å². The maximum atomic E-state index is 13.5. The second kappa shape index (κ2) is 9.12. The Morgan fingerprint density at radius 3 is 2.50 bits per heavy atom. The summed E-state index contributed by atoms with van der Waals surface area (Å²) in [5.41, 5.74) is -2.39. The lowest BCUT2D eigenvalue weighted by atomic mass is 10.1. The van der Waals surface area contributed by atoms with Crippen molar-refractivity contribution in [1.29, 1.82) is 0 Å². The Labute approximate surface area is 192 Å². The van der Waals surface area contributed by atoms with Gasteiger partial charge in [-0.15, -0.1) is 4.99 Å². The van der Waals surface area contributed by atoms with Gasteiger partial charge in [-0.1, -0.05) is 0 Å². The highest BCUT2D eigenvalue weighted by Gasteiger charge is 2.36. The van der Waals surface area contributed by atoms with Crippen molar-refractivity contribution in [3.63, 3.8) is 0 Å². The van der Waals surface area contributed by atoms with Gasteiger partial charge in [-0.05, 0) is 50.6 Å². The molecule has 3 aromatic heterocycles. The van der Waals surface area contributed by atoms with Crippen molar-refractivity contribution in [3.8, 4) is 11.3 Å². The number of hydrogen-bond donors (Lipinski definition) is 1. The number of carbonyl (C=O) groups is 2. The van der Waals surface area contributed by atoms with E-state index in [-0.39, 0.29) is 23.4 Å². The van der Waals surface area contributed by atoms with Gasteiger partial charge in [0, 0.05) is 31.2 Å². The summed E-state index contributed by atoms with van der Waals surface area (Å²) in [4.78, 5) is 35.1. The fraction of sp³-hybridized carbons (Fsp3) is 0.318. The summed E-state index contributed by atoms with van der Waals surface area (Å²) in [5, 5.41) is 9.47. The lowest BCUT2D eigenvalue weighted by Crippen LogP contribution is -2.29. The van der Waals surface area contributed by atoms with Crippen molar-refractivity contribution in [2.24, 2.45) is 12.0 Å². The number of nitrogens with zero attached hydrogens (tertiary/aromatic N) is 5. The van der Waals surface area contributed by atoms with E-state index in [1.165, 1.54) is 28.8 Å². The highest BCUT2D eigenvalue weighted by molar-refractivity contribution is 5.86. The molecule has 0 aliphatic heterocycles. The number of imidazole rings is 1. The van der Waals surface area contributed by atoms with Crippen LogP contribution in [0, 0.1) is 0 Å². The number of pyridine rings is 2. The second-order valence-corrected chi connectivity index (χ2v) is 8.38. The summed E-state index contributed by atoms with van der Waals surface area (Å²) in [6.07, 6.45) is -1.37. The number of hydrogen-bond acceptors (Lipinski definition) is 5. The molecule has 0 saturated heterocycles. The number of carboxylic acid groups (broad SMARTS) is 1. The molecule has 3 heterocycles. The Bertz CT molecular complexity index is 1300. The number of aryl methyl sites for hydroxylation is 1. The van der Waals surface area contributed by atoms with Crippen LogP contribution in [0.4, 0.5) is 18.0 Å². The van der Waals surface area contributed by atoms with Crippen LogP contribution in [0.5, 0.6) is 0 Å². The van der Waals surface area contributed by atoms with Gasteiger partial charge in [0.2, 0.25) is 5.62 Å². The largest absolute Gasteiger partial charge is 0.477 e. The van der Waals surface area contributed by atoms with Crippen LogP contribution in [-0.4, -0.2) is 41.9 Å². The number of alkyl halides is 3. The maximum absolute atomic E-state index is 13.5. The normalized spacial score (nSPS) is 12.6. The Kier molecular flexibility index (Phi) is 6.62. The first-order valence-corrected chi connectivity index (χ1v) is 10.0. The molecule has 3 rings (SSSR count). The van der Waals surface area contributed by atoms with Crippen molar-refractivity contribution in [2.75, 3.05) is 0 Å². The molecule has 1 N–H and O–H groups in total. The van der Waals surface area contributed by atoms with Gasteiger partial charge in [0.15, 0.2) is 5.69 Å². The Morgan fingerprint density at radius 2 is 1.88 bits per heavy atom. The highest BCUT2D eigenvalue weighted by Crippen LogP contribution is 2.35. The van der Waals surface area contributed by atoms with E-state index in [0.29, 0.717) is 5.56 Å². The quantitative estimate of drug-likeness (QED) is 0.610. The summed E-state index contributed by atoms with van der Waals surface area (Å²) < 4.78 is 48.7. The summed E-state index contributed by atoms with van der Waals surface area (Å²) >= 11 is 0. The average Bonchev–Trinajstić information content (AvgIpc) is 3.05. The van der Waals surface area contributed by atoms with Crippen molar-refractivity contribution < 1.29 is 32.6 Å². The molecular weight excluding hydrogens is 455 g/mol. The van der Waals surface area contributed by atoms with Crippen LogP contribution < -0.4 is 5.62 Å². The van der Waals surface area contributed by atoms with Crippen LogP contribution in [0.15, 0.2) is 47.8 Å². The minimum Gasteiger partial charge on any atom is -0.477 e. The van der Waals surface area contributed by atoms with E-state index in [0.717, 1.165) is 6.20 Å². The summed E-state index contributed by atoms with van der Waals surface area (Å²) in [7, 11) is 1.64. The van der Waals surface area contributed by atoms with Crippen molar-refractivity contribution >= 4 is 12.1 Å². The smallest absolute Gasteiger partial charge is 0.437 e. The molecule has 34 heavy (non-hydrogen) atoms. The lowest BCUT2D eigenvalue weighted by molar-refractivity contribution is -0.140. The van der Waals surface area contributed by atoms with Crippen LogP contribution in [-0.2, 0) is 24.5 Å². The van der Waals surface area contributed by atoms with E-state index in [1.54, 1.807) is 44.8 Å². The van der Waals surface area contributed by atoms with E-state index in [9.17, 15) is 27.9 Å². The molecule has 180 valence electrons. The van der Waals surface area contributed by atoms with Gasteiger partial charge in [0.1, 0.15) is 11.3 Å². The molecule has 0 saturated carbocycles. The Balaban J connectivity index is 2.09. The number of carbonyl (C=O) groups excluding carboxylic acids is 1. The third-order valence-electron chi connectivity index (χ3n) is 4.44. The molecule has 0 bridgehead atoms. The van der Waals surface area contributed by atoms with E-state index in [1.807, 2.05) is 0 Å². The van der Waals surface area contributed by atoms with Crippen LogP contribution in [0.3, 0.4) is 0 Å². The van der Waals surface area contributed by atoms with Crippen molar-refractivity contribution in [1.82, 2.24) is 19.1 Å². The minimum atomic E-state index is -4.76. The molecule has 0 aromatic carbocycles. The number of aromatic carboxylic acids is 1. The monoisotopic (exact) mass is 477 g/mol. The number of rotatable bonds is 4. The van der Waals surface area contributed by atoms with E-state index < -0.39 is 35.2 Å². The average molecular weight is 477 g/mol. The zero-order chi connectivity index (χ0) is 25.3. The molecule has 0 spiro atoms. The number of amides is 1. The summed E-state index contributed by atoms with van der Waals surface area (Å²) in [6.45, 7) is 5.08. The molecule has 0 aliphatic rings. The van der Waals surface area contributed by atoms with Crippen molar-refractivity contribution in [3.05, 3.63) is 65.4 Å². The first kappa shape index (κ1) is 24.7. The van der Waals surface area contributed by atoms with Crippen LogP contribution in [0.25, 0.3) is 11.3 Å². The molecule has 0 unspecified atom stereocenters. The predicted molar refractivity (Wildman–Crippen MR) is 114 cm³/mol. The molecule has 0 aliphatic carbocycles. The molecule has 9 nitrogen and oxygen atoms in total. The molecule has 12 heteroatoms. The molecular formula is C22H22F3N5O4. The molecule has 0 radical (unpaired) electrons. The number of aromatic nitrogens is 4. The molecule has 0 atom stereocenters. The van der Waals surface area contributed by atoms with Gasteiger partial charge >= 0.3 is 18.2 Å². The predicted octanol–water partition coefficient (Wildman–Crippen LogP) is 3.88. The van der Waals surface area contributed by atoms with E-state index in [2.05, 4.69) is 15.0 Å². The van der Waals surface area contributed by atoms with Gasteiger partial charge in [-0.25, -0.2) is 14.6 Å². The first-order chi connectivity index (χ1) is 15.7. The third-order valence-corrected chi connectivity index (χ3v) is 4.44. The topological polar surface area (TPSA) is 112 Å². The zero-order valence-electron chi connectivity index (χ0n) is 18.8. The van der Waals surface area contributed by atoms with Gasteiger partial charge in [0.05, 0.1) is 12.2 Å². The maximum Gasteiger partial charge on any atom is 0.437 e. The fourth-order valence-electron chi connectivity index (χ4n) is 3.11. The Morgan fingerprint density at radius 1 is 1.18 bits per heavy atom. The van der Waals surface area contributed by atoms with Gasteiger partial charge in [-0.2, -0.15) is 13.2 Å². The zero-order valence-corrected chi connectivity index (χ0v) is 18.8. The Hall–Kier alpha value is -3.96. The van der Waals surface area contributed by atoms with E-state index in [4.69, 9.17) is 4.74 Å². The molecule has 0 fully saturated rings. The SMILES string of the molecule is Cn1ccn(Cc2cc(C(=O)O)nc(-c3cccnc3C(F)(F)F)c2)/c1=N\C(=O)OC(C)(C)C. The van der Waals surface area contributed by atoms with Gasteiger partial charge in [0.25, 0.3) is 0 Å². The van der Waals surface area contributed by atoms with Crippen LogP contribution in [0.1, 0.15) is 42.5 Å². The fourth-order valence-corrected chi connectivity index (χ4v) is 3.11.